The van der Waals surface area contributed by atoms with E-state index in [2.05, 4.69) is 0 Å². The topological polar surface area (TPSA) is 83.6 Å². The van der Waals surface area contributed by atoms with Crippen LogP contribution in [-0.2, 0) is 10.0 Å². The maximum atomic E-state index is 12.2. The molecule has 1 aromatic carbocycles. The van der Waals surface area contributed by atoms with Gasteiger partial charge in [0.2, 0.25) is 10.0 Å². The van der Waals surface area contributed by atoms with Gasteiger partial charge in [-0.15, -0.1) is 0 Å². The lowest BCUT2D eigenvalue weighted by atomic mass is 10.3. The van der Waals surface area contributed by atoms with Crippen LogP contribution in [0.4, 0.5) is 5.69 Å². The van der Waals surface area contributed by atoms with Crippen molar-refractivity contribution in [2.24, 2.45) is 0 Å². The molecule has 1 rings (SSSR count). The van der Waals surface area contributed by atoms with Crippen molar-refractivity contribution in [1.82, 2.24) is 4.31 Å². The molecule has 0 aliphatic rings. The van der Waals surface area contributed by atoms with E-state index in [4.69, 9.17) is 28.9 Å². The van der Waals surface area contributed by atoms with Gasteiger partial charge in [0.1, 0.15) is 4.90 Å². The Morgan fingerprint density at radius 1 is 1.44 bits per heavy atom. The van der Waals surface area contributed by atoms with Gasteiger partial charge in [-0.25, -0.2) is 8.42 Å². The van der Waals surface area contributed by atoms with Crippen LogP contribution in [-0.4, -0.2) is 37.5 Å². The fraction of sp³-hybridized carbons (Fsp3) is 0.400. The van der Waals surface area contributed by atoms with Crippen molar-refractivity contribution in [3.63, 3.8) is 0 Å². The zero-order chi connectivity index (χ0) is 14.1. The highest BCUT2D eigenvalue weighted by Crippen LogP contribution is 2.32. The number of rotatable bonds is 4. The summed E-state index contributed by atoms with van der Waals surface area (Å²) in [6.07, 6.45) is -0.794. The predicted molar refractivity (Wildman–Crippen MR) is 72.4 cm³/mol. The van der Waals surface area contributed by atoms with E-state index in [1.54, 1.807) is 0 Å². The summed E-state index contributed by atoms with van der Waals surface area (Å²) in [5.41, 5.74) is 5.62. The molecule has 0 heterocycles. The molecule has 0 spiro atoms. The molecule has 5 nitrogen and oxygen atoms in total. The van der Waals surface area contributed by atoms with Crippen molar-refractivity contribution < 1.29 is 13.5 Å². The van der Waals surface area contributed by atoms with Crippen LogP contribution in [0, 0.1) is 0 Å². The Hall–Kier alpha value is -0.530. The minimum absolute atomic E-state index is 0.0232. The number of anilines is 1. The first-order valence-corrected chi connectivity index (χ1v) is 7.24. The number of nitrogens with two attached hydrogens (primary N) is 1. The molecule has 0 aromatic heterocycles. The van der Waals surface area contributed by atoms with Gasteiger partial charge in [0.15, 0.2) is 0 Å². The van der Waals surface area contributed by atoms with Gasteiger partial charge in [-0.1, -0.05) is 23.2 Å². The van der Waals surface area contributed by atoms with E-state index < -0.39 is 16.1 Å². The Balaban J connectivity index is 3.29. The smallest absolute Gasteiger partial charge is 0.246 e. The van der Waals surface area contributed by atoms with Gasteiger partial charge in [0.05, 0.1) is 16.8 Å². The van der Waals surface area contributed by atoms with Crippen LogP contribution in [0.15, 0.2) is 17.0 Å². The predicted octanol–water partition coefficient (Wildman–Crippen LogP) is 1.58. The molecular formula is C10H14Cl2N2O3S. The van der Waals surface area contributed by atoms with Gasteiger partial charge >= 0.3 is 0 Å². The monoisotopic (exact) mass is 312 g/mol. The summed E-state index contributed by atoms with van der Waals surface area (Å²) in [6.45, 7) is 1.43. The normalized spacial score (nSPS) is 13.9. The van der Waals surface area contributed by atoms with Crippen LogP contribution in [0.1, 0.15) is 6.92 Å². The quantitative estimate of drug-likeness (QED) is 0.827. The molecule has 0 fully saturated rings. The SMILES string of the molecule is CC(O)CN(C)S(=O)(=O)c1c(N)cc(Cl)cc1Cl. The molecular weight excluding hydrogens is 299 g/mol. The molecule has 0 radical (unpaired) electrons. The number of nitrogens with zero attached hydrogens (tertiary/aromatic N) is 1. The summed E-state index contributed by atoms with van der Waals surface area (Å²) in [6, 6.07) is 2.62. The zero-order valence-electron chi connectivity index (χ0n) is 9.89. The number of aliphatic hydroxyl groups excluding tert-OH is 1. The molecule has 0 bridgehead atoms. The molecule has 8 heteroatoms. The maximum absolute atomic E-state index is 12.2. The number of nitrogen functional groups attached to an aromatic ring is 1. The molecule has 3 N–H and O–H groups in total. The highest BCUT2D eigenvalue weighted by Gasteiger charge is 2.27. The molecule has 1 aromatic rings. The second-order valence-corrected chi connectivity index (χ2v) is 6.77. The standard InChI is InChI=1S/C10H14Cl2N2O3S/c1-6(15)5-14(2)18(16,17)10-8(12)3-7(11)4-9(10)13/h3-4,6,15H,5,13H2,1-2H3. The van der Waals surface area contributed by atoms with E-state index in [1.807, 2.05) is 0 Å². The average molecular weight is 313 g/mol. The van der Waals surface area contributed by atoms with Crippen LogP contribution in [0.2, 0.25) is 10.0 Å². The zero-order valence-corrected chi connectivity index (χ0v) is 12.2. The average Bonchev–Trinajstić information content (AvgIpc) is 2.13. The number of sulfonamides is 1. The van der Waals surface area contributed by atoms with Crippen LogP contribution >= 0.6 is 23.2 Å². The third-order valence-electron chi connectivity index (χ3n) is 2.23. The summed E-state index contributed by atoms with van der Waals surface area (Å²) in [7, 11) is -2.51. The third-order valence-corrected chi connectivity index (χ3v) is 4.80. The molecule has 1 atom stereocenters. The van der Waals surface area contributed by atoms with Crippen molar-refractivity contribution in [2.75, 3.05) is 19.3 Å². The second kappa shape index (κ2) is 5.63. The van der Waals surface area contributed by atoms with Gasteiger partial charge in [0.25, 0.3) is 0 Å². The van der Waals surface area contributed by atoms with Gasteiger partial charge in [-0.05, 0) is 19.1 Å². The molecule has 0 aliphatic carbocycles. The number of hydrogen-bond acceptors (Lipinski definition) is 4. The van der Waals surface area contributed by atoms with Crippen LogP contribution in [0.25, 0.3) is 0 Å². The summed E-state index contributed by atoms with van der Waals surface area (Å²) in [5.74, 6) is 0. The van der Waals surface area contributed by atoms with E-state index in [-0.39, 0.29) is 27.2 Å². The Morgan fingerprint density at radius 2 is 2.00 bits per heavy atom. The van der Waals surface area contributed by atoms with E-state index in [0.29, 0.717) is 0 Å². The van der Waals surface area contributed by atoms with Gasteiger partial charge < -0.3 is 10.8 Å². The lowest BCUT2D eigenvalue weighted by Gasteiger charge is -2.20. The molecule has 0 saturated heterocycles. The molecule has 0 amide bonds. The van der Waals surface area contributed by atoms with Crippen molar-refractivity contribution in [3.8, 4) is 0 Å². The summed E-state index contributed by atoms with van der Waals surface area (Å²) < 4.78 is 25.4. The highest BCUT2D eigenvalue weighted by atomic mass is 35.5. The first-order valence-electron chi connectivity index (χ1n) is 5.05. The van der Waals surface area contributed by atoms with Crippen molar-refractivity contribution >= 4 is 38.9 Å². The van der Waals surface area contributed by atoms with E-state index in [9.17, 15) is 13.5 Å². The van der Waals surface area contributed by atoms with E-state index in [1.165, 1.54) is 26.1 Å². The van der Waals surface area contributed by atoms with Crippen molar-refractivity contribution in [3.05, 3.63) is 22.2 Å². The summed E-state index contributed by atoms with van der Waals surface area (Å²) >= 11 is 11.6. The van der Waals surface area contributed by atoms with E-state index >= 15 is 0 Å². The van der Waals surface area contributed by atoms with E-state index in [0.717, 1.165) is 4.31 Å². The van der Waals surface area contributed by atoms with Crippen molar-refractivity contribution in [1.29, 1.82) is 0 Å². The Kier molecular flexibility index (Phi) is 4.85. The number of aliphatic hydroxyl groups is 1. The lowest BCUT2D eigenvalue weighted by molar-refractivity contribution is 0.171. The Labute approximate surface area is 116 Å². The maximum Gasteiger partial charge on any atom is 0.246 e. The first kappa shape index (κ1) is 15.5. The first-order chi connectivity index (χ1) is 8.16. The van der Waals surface area contributed by atoms with Crippen LogP contribution in [0.3, 0.4) is 0 Å². The van der Waals surface area contributed by atoms with Gasteiger partial charge in [-0.3, -0.25) is 0 Å². The Bertz CT molecular complexity index is 523. The number of halogens is 2. The molecule has 0 aliphatic heterocycles. The molecule has 1 unspecified atom stereocenters. The largest absolute Gasteiger partial charge is 0.398 e. The molecule has 18 heavy (non-hydrogen) atoms. The fourth-order valence-corrected chi connectivity index (χ4v) is 3.67. The number of benzene rings is 1. The molecule has 0 saturated carbocycles. The molecule has 102 valence electrons. The fourth-order valence-electron chi connectivity index (χ4n) is 1.48. The van der Waals surface area contributed by atoms with Crippen LogP contribution < -0.4 is 5.73 Å². The number of hydrogen-bond donors (Lipinski definition) is 2. The third kappa shape index (κ3) is 3.27. The highest BCUT2D eigenvalue weighted by molar-refractivity contribution is 7.89. The minimum atomic E-state index is -3.85. The van der Waals surface area contributed by atoms with Crippen molar-refractivity contribution in [2.45, 2.75) is 17.9 Å². The summed E-state index contributed by atoms with van der Waals surface area (Å²) in [5, 5.41) is 9.44. The number of likely N-dealkylation sites (N-methyl/N-ethyl adjacent to an activating group) is 1. The Morgan fingerprint density at radius 3 is 2.44 bits per heavy atom. The second-order valence-electron chi connectivity index (χ2n) is 3.94. The van der Waals surface area contributed by atoms with Gasteiger partial charge in [-0.2, -0.15) is 4.31 Å². The van der Waals surface area contributed by atoms with Crippen LogP contribution in [0.5, 0.6) is 0 Å². The minimum Gasteiger partial charge on any atom is -0.398 e. The lowest BCUT2D eigenvalue weighted by Crippen LogP contribution is -2.33. The summed E-state index contributed by atoms with van der Waals surface area (Å²) in [4.78, 5) is -0.197. The van der Waals surface area contributed by atoms with Gasteiger partial charge in [0, 0.05) is 18.6 Å².